The number of nitrogens with one attached hydrogen (secondary N) is 2. The van der Waals surface area contributed by atoms with Gasteiger partial charge in [-0.1, -0.05) is 6.42 Å². The Bertz CT molecular complexity index is 925. The van der Waals surface area contributed by atoms with Gasteiger partial charge in [-0.3, -0.25) is 14.5 Å². The van der Waals surface area contributed by atoms with Crippen LogP contribution in [0.5, 0.6) is 0 Å². The molecule has 1 aliphatic rings. The molecule has 202 valence electrons. The number of aliphatic hydroxyl groups is 1. The lowest BCUT2D eigenvalue weighted by molar-refractivity contribution is -0.00251. The summed E-state index contributed by atoms with van der Waals surface area (Å²) in [4.78, 5) is 26.8. The highest BCUT2D eigenvalue weighted by Crippen LogP contribution is 2.29. The Hall–Kier alpha value is -2.79. The number of aliphatic hydroxyl groups excluding tert-OH is 1. The summed E-state index contributed by atoms with van der Waals surface area (Å²) in [6, 6.07) is 13.7. The van der Waals surface area contributed by atoms with Crippen LogP contribution >= 0.6 is 11.8 Å². The van der Waals surface area contributed by atoms with Gasteiger partial charge in [0, 0.05) is 60.0 Å². The van der Waals surface area contributed by atoms with Crippen molar-refractivity contribution in [2.75, 3.05) is 43.4 Å². The predicted molar refractivity (Wildman–Crippen MR) is 151 cm³/mol. The molecule has 0 bridgehead atoms. The van der Waals surface area contributed by atoms with Crippen LogP contribution in [0.4, 0.5) is 11.4 Å². The molecule has 9 N–H and O–H groups in total. The van der Waals surface area contributed by atoms with Gasteiger partial charge in [-0.05, 0) is 80.0 Å². The molecule has 9 nitrogen and oxygen atoms in total. The summed E-state index contributed by atoms with van der Waals surface area (Å²) >= 11 is 1.95. The summed E-state index contributed by atoms with van der Waals surface area (Å²) in [6.07, 6.45) is 3.98. The number of benzene rings is 2. The Labute approximate surface area is 223 Å². The predicted octanol–water partition coefficient (Wildman–Crippen LogP) is 2.02. The third-order valence-electron chi connectivity index (χ3n) is 6.60. The lowest BCUT2D eigenvalue weighted by atomic mass is 10.1. The zero-order valence-electron chi connectivity index (χ0n) is 21.3. The smallest absolute Gasteiger partial charge is 0.251 e. The zero-order chi connectivity index (χ0) is 26.6. The molecule has 10 heteroatoms. The van der Waals surface area contributed by atoms with Gasteiger partial charge in [-0.2, -0.15) is 11.8 Å². The topological polar surface area (TPSA) is 160 Å². The summed E-state index contributed by atoms with van der Waals surface area (Å²) < 4.78 is 0. The molecule has 1 fully saturated rings. The second kappa shape index (κ2) is 14.8. The average molecular weight is 529 g/mol. The van der Waals surface area contributed by atoms with Gasteiger partial charge in [-0.25, -0.2) is 0 Å². The van der Waals surface area contributed by atoms with Gasteiger partial charge in [0.2, 0.25) is 0 Å². The monoisotopic (exact) mass is 528 g/mol. The fourth-order valence-corrected chi connectivity index (χ4v) is 5.75. The first-order chi connectivity index (χ1) is 17.8. The molecule has 3 unspecified atom stereocenters. The van der Waals surface area contributed by atoms with Crippen molar-refractivity contribution in [1.82, 2.24) is 15.5 Å². The molecule has 1 saturated heterocycles. The highest BCUT2D eigenvalue weighted by molar-refractivity contribution is 8.00. The number of hydrogen-bond donors (Lipinski definition) is 6. The van der Waals surface area contributed by atoms with Gasteiger partial charge in [0.1, 0.15) is 6.23 Å². The first kappa shape index (κ1) is 28.8. The number of rotatable bonds is 14. The number of nitrogens with two attached hydrogens (primary N) is 3. The van der Waals surface area contributed by atoms with Gasteiger partial charge in [0.25, 0.3) is 11.8 Å². The van der Waals surface area contributed by atoms with Crippen LogP contribution in [-0.4, -0.2) is 71.3 Å². The standard InChI is InChI=1S/C27H40N6O3S/c28-21-9-5-19(6-10-21)26(35)31-14-16-33(17-15-32-27(36)20-7-11-22(29)12-8-20)25(34)4-2-1-3-24-23(30)13-18-37-24/h5-12,23-25,34H,1-4,13-18,28-30H2,(H,31,35)(H,32,36). The second-order valence-corrected chi connectivity index (χ2v) is 10.8. The first-order valence-corrected chi connectivity index (χ1v) is 13.9. The van der Waals surface area contributed by atoms with Crippen molar-refractivity contribution in [2.45, 2.75) is 49.6 Å². The first-order valence-electron chi connectivity index (χ1n) is 12.9. The summed E-state index contributed by atoms with van der Waals surface area (Å²) in [5.41, 5.74) is 19.8. The van der Waals surface area contributed by atoms with Crippen molar-refractivity contribution in [3.05, 3.63) is 59.7 Å². The second-order valence-electron chi connectivity index (χ2n) is 9.42. The highest BCUT2D eigenvalue weighted by atomic mass is 32.2. The molecule has 1 aliphatic heterocycles. The lowest BCUT2D eigenvalue weighted by Gasteiger charge is -2.28. The normalized spacial score (nSPS) is 18.0. The molecule has 2 amide bonds. The molecule has 3 rings (SSSR count). The molecule has 2 aromatic carbocycles. The molecular weight excluding hydrogens is 488 g/mol. The van der Waals surface area contributed by atoms with E-state index in [4.69, 9.17) is 17.2 Å². The number of carbonyl (C=O) groups is 2. The minimum atomic E-state index is -0.674. The van der Waals surface area contributed by atoms with E-state index in [1.165, 1.54) is 0 Å². The molecule has 2 aromatic rings. The van der Waals surface area contributed by atoms with E-state index in [0.29, 0.717) is 60.4 Å². The van der Waals surface area contributed by atoms with E-state index in [9.17, 15) is 14.7 Å². The fourth-order valence-electron chi connectivity index (χ4n) is 4.33. The van der Waals surface area contributed by atoms with Gasteiger partial charge < -0.3 is 32.9 Å². The van der Waals surface area contributed by atoms with Crippen molar-refractivity contribution >= 4 is 35.0 Å². The van der Waals surface area contributed by atoms with Crippen LogP contribution in [0.15, 0.2) is 48.5 Å². The average Bonchev–Trinajstić information content (AvgIpc) is 3.30. The molecule has 0 saturated carbocycles. The van der Waals surface area contributed by atoms with Crippen LogP contribution in [0.25, 0.3) is 0 Å². The van der Waals surface area contributed by atoms with Crippen molar-refractivity contribution in [1.29, 1.82) is 0 Å². The molecule has 0 radical (unpaired) electrons. The molecule has 0 aromatic heterocycles. The molecule has 37 heavy (non-hydrogen) atoms. The van der Waals surface area contributed by atoms with Crippen LogP contribution < -0.4 is 27.8 Å². The van der Waals surface area contributed by atoms with E-state index in [1.807, 2.05) is 16.7 Å². The van der Waals surface area contributed by atoms with E-state index in [2.05, 4.69) is 10.6 Å². The maximum Gasteiger partial charge on any atom is 0.251 e. The van der Waals surface area contributed by atoms with Gasteiger partial charge in [0.15, 0.2) is 0 Å². The Kier molecular flexibility index (Phi) is 11.5. The molecule has 3 atom stereocenters. The van der Waals surface area contributed by atoms with Gasteiger partial charge in [0.05, 0.1) is 0 Å². The number of thioether (sulfide) groups is 1. The third-order valence-corrected chi connectivity index (χ3v) is 8.08. The number of amides is 2. The Balaban J connectivity index is 1.47. The number of nitrogen functional groups attached to an aromatic ring is 2. The minimum absolute atomic E-state index is 0.198. The van der Waals surface area contributed by atoms with E-state index < -0.39 is 6.23 Å². The lowest BCUT2D eigenvalue weighted by Crippen LogP contribution is -2.44. The Morgan fingerprint density at radius 1 is 0.919 bits per heavy atom. The number of carbonyl (C=O) groups excluding carboxylic acids is 2. The summed E-state index contributed by atoms with van der Waals surface area (Å²) in [6.45, 7) is 1.62. The summed E-state index contributed by atoms with van der Waals surface area (Å²) in [5.74, 6) is 0.736. The van der Waals surface area contributed by atoms with Crippen molar-refractivity contribution < 1.29 is 14.7 Å². The van der Waals surface area contributed by atoms with Crippen LogP contribution in [0.2, 0.25) is 0 Å². The number of anilines is 2. The fraction of sp³-hybridized carbons (Fsp3) is 0.481. The van der Waals surface area contributed by atoms with E-state index in [-0.39, 0.29) is 17.9 Å². The molecular formula is C27H40N6O3S. The highest BCUT2D eigenvalue weighted by Gasteiger charge is 2.24. The molecule has 0 aliphatic carbocycles. The summed E-state index contributed by atoms with van der Waals surface area (Å²) in [7, 11) is 0. The van der Waals surface area contributed by atoms with Crippen molar-refractivity contribution in [3.8, 4) is 0 Å². The quantitative estimate of drug-likeness (QED) is 0.123. The molecule has 1 heterocycles. The van der Waals surface area contributed by atoms with Gasteiger partial charge in [-0.15, -0.1) is 0 Å². The van der Waals surface area contributed by atoms with E-state index >= 15 is 0 Å². The van der Waals surface area contributed by atoms with Gasteiger partial charge >= 0.3 is 0 Å². The zero-order valence-corrected chi connectivity index (χ0v) is 22.1. The Morgan fingerprint density at radius 2 is 1.43 bits per heavy atom. The van der Waals surface area contributed by atoms with Crippen LogP contribution in [0.3, 0.4) is 0 Å². The van der Waals surface area contributed by atoms with E-state index in [1.54, 1.807) is 48.5 Å². The van der Waals surface area contributed by atoms with Crippen LogP contribution in [0, 0.1) is 0 Å². The Morgan fingerprint density at radius 3 is 1.89 bits per heavy atom. The van der Waals surface area contributed by atoms with E-state index in [0.717, 1.165) is 31.4 Å². The third kappa shape index (κ3) is 9.55. The maximum absolute atomic E-state index is 12.4. The number of nitrogens with zero attached hydrogens (tertiary/aromatic N) is 1. The summed E-state index contributed by atoms with van der Waals surface area (Å²) in [5, 5.41) is 17.2. The number of hydrogen-bond acceptors (Lipinski definition) is 8. The van der Waals surface area contributed by atoms with Crippen LogP contribution in [-0.2, 0) is 0 Å². The SMILES string of the molecule is Nc1ccc(C(=O)NCCN(CCNC(=O)c2ccc(N)cc2)C(O)CCCCC2SCCC2N)cc1. The van der Waals surface area contributed by atoms with Crippen molar-refractivity contribution in [2.24, 2.45) is 5.73 Å². The minimum Gasteiger partial charge on any atom is -0.399 e. The maximum atomic E-state index is 12.4. The van der Waals surface area contributed by atoms with Crippen LogP contribution in [0.1, 0.15) is 52.8 Å². The largest absolute Gasteiger partial charge is 0.399 e. The number of unbranched alkanes of at least 4 members (excludes halogenated alkanes) is 1. The molecule has 0 spiro atoms. The van der Waals surface area contributed by atoms with Crippen molar-refractivity contribution in [3.63, 3.8) is 0 Å².